The van der Waals surface area contributed by atoms with Crippen molar-refractivity contribution in [2.45, 2.75) is 176 Å². The maximum Gasteiger partial charge on any atom is 0.101 e. The Balaban J connectivity index is -0.000000204. The lowest BCUT2D eigenvalue weighted by molar-refractivity contribution is 0.0545. The molecule has 0 aliphatic rings. The van der Waals surface area contributed by atoms with E-state index in [0.717, 1.165) is 32.5 Å². The van der Waals surface area contributed by atoms with Crippen LogP contribution in [0.1, 0.15) is 109 Å². The number of nitrogens with one attached hydrogen (secondary N) is 2. The van der Waals surface area contributed by atoms with Gasteiger partial charge < -0.3 is 76.3 Å². The van der Waals surface area contributed by atoms with E-state index in [-0.39, 0.29) is 44.9 Å². The average Bonchev–Trinajstić information content (AvgIpc) is 3.18. The fourth-order valence-electron chi connectivity index (χ4n) is 4.95. The largest absolute Gasteiger partial charge is 0.392 e. The zero-order valence-corrected chi connectivity index (χ0v) is 39.9. The number of hydrogen-bond acceptors (Lipinski definition) is 17. The van der Waals surface area contributed by atoms with Crippen LogP contribution < -0.4 is 50.8 Å². The van der Waals surface area contributed by atoms with Crippen molar-refractivity contribution in [2.24, 2.45) is 40.1 Å². The summed E-state index contributed by atoms with van der Waals surface area (Å²) in [7, 11) is 0. The van der Waals surface area contributed by atoms with Crippen LogP contribution in [0.2, 0.25) is 0 Å². The van der Waals surface area contributed by atoms with Crippen LogP contribution in [0.4, 0.5) is 0 Å². The van der Waals surface area contributed by atoms with Gasteiger partial charge in [-0.15, -0.1) is 0 Å². The Morgan fingerprint density at radius 3 is 1.09 bits per heavy atom. The fraction of sp³-hybridized carbons (Fsp3) is 1.00. The van der Waals surface area contributed by atoms with Crippen LogP contribution in [-0.4, -0.2) is 198 Å². The molecule has 5 atom stereocenters. The molecule has 0 radical (unpaired) electrons. The SMILES string of the molecule is CC(C)N(C[C@@H](O)CN)C[C@@H](O)CN.CC(C)NCC(O)(CN)CN.CCC(CN)NC(C)C.CCCN(CCN)C(C)C.CC[C@@H](O)CN(C[C@H](O)CN)C(C)C. The lowest BCUT2D eigenvalue weighted by Gasteiger charge is -2.30. The van der Waals surface area contributed by atoms with E-state index in [1.807, 2.05) is 58.3 Å². The number of aliphatic hydroxyl groups is 5. The molecule has 21 N–H and O–H groups in total. The Morgan fingerprint density at radius 2 is 0.879 bits per heavy atom. The molecule has 0 aromatic rings. The van der Waals surface area contributed by atoms with Crippen molar-refractivity contribution in [3.63, 3.8) is 0 Å². The van der Waals surface area contributed by atoms with Crippen LogP contribution in [-0.2, 0) is 0 Å². The summed E-state index contributed by atoms with van der Waals surface area (Å²) < 4.78 is 0. The van der Waals surface area contributed by atoms with Gasteiger partial charge >= 0.3 is 0 Å². The van der Waals surface area contributed by atoms with Crippen LogP contribution in [0, 0.1) is 0 Å². The Bertz CT molecular complexity index is 751. The summed E-state index contributed by atoms with van der Waals surface area (Å²) in [5.41, 5.74) is 36.6. The molecule has 358 valence electrons. The second-order valence-corrected chi connectivity index (χ2v) is 16.6. The third-order valence-electron chi connectivity index (χ3n) is 9.13. The van der Waals surface area contributed by atoms with Crippen LogP contribution in [0.25, 0.3) is 0 Å². The molecule has 0 heterocycles. The highest BCUT2D eigenvalue weighted by atomic mass is 16.3. The normalized spacial score (nSPS) is 14.4. The van der Waals surface area contributed by atoms with Gasteiger partial charge in [0.05, 0.1) is 24.4 Å². The number of hydrogen-bond donors (Lipinski definition) is 14. The van der Waals surface area contributed by atoms with E-state index in [4.69, 9.17) is 40.1 Å². The predicted octanol–water partition coefficient (Wildman–Crippen LogP) is -1.46. The third-order valence-corrected chi connectivity index (χ3v) is 9.13. The van der Waals surface area contributed by atoms with Gasteiger partial charge in [0, 0.05) is 121 Å². The molecule has 0 aromatic carbocycles. The van der Waals surface area contributed by atoms with Gasteiger partial charge in [0.2, 0.25) is 0 Å². The Morgan fingerprint density at radius 1 is 0.500 bits per heavy atom. The number of nitrogens with zero attached hydrogens (tertiary/aromatic N) is 3. The molecule has 0 saturated heterocycles. The van der Waals surface area contributed by atoms with Crippen molar-refractivity contribution in [1.82, 2.24) is 25.3 Å². The van der Waals surface area contributed by atoms with Gasteiger partial charge in [-0.3, -0.25) is 14.7 Å². The van der Waals surface area contributed by atoms with E-state index in [9.17, 15) is 25.5 Å². The lowest BCUT2D eigenvalue weighted by atomic mass is 10.1. The second kappa shape index (κ2) is 43.0. The van der Waals surface area contributed by atoms with Gasteiger partial charge in [0.15, 0.2) is 0 Å². The zero-order chi connectivity index (χ0) is 46.4. The first-order valence-electron chi connectivity index (χ1n) is 22.0. The van der Waals surface area contributed by atoms with Crippen molar-refractivity contribution in [3.05, 3.63) is 0 Å². The molecule has 0 aromatic heterocycles. The molecule has 1 unspecified atom stereocenters. The van der Waals surface area contributed by atoms with Gasteiger partial charge in [-0.25, -0.2) is 0 Å². The summed E-state index contributed by atoms with van der Waals surface area (Å²) in [6.45, 7) is 34.5. The zero-order valence-electron chi connectivity index (χ0n) is 39.9. The standard InChI is InChI=1S/C10H24N2O2.C9H23N3O2.C8H20N2.C7H19N3O.C7H18N2/c1-4-9(13)6-12(8(2)3)7-10(14)5-11;1-7(2)12(5-8(13)3-10)6-9(14)4-11;1-4-6-10(7-5-9)8(2)3;1-6(2)10-5-7(11,3-8)4-9;1-4-7(5-8)9-6(2)3/h8-10,13-14H,4-7,11H2,1-3H3;7-9,13-14H,3-6,10-11H2,1-2H3;8H,4-7,9H2,1-3H3;6,10-11H,3-5,8-9H2,1-2H3;6-7,9H,4-5,8H2,1-3H3/t9-,10-;8-,9-;;;/m10.../s1. The summed E-state index contributed by atoms with van der Waals surface area (Å²) in [6, 6.07) is 2.63. The Hall–Kier alpha value is -0.680. The molecule has 0 aliphatic heterocycles. The second-order valence-electron chi connectivity index (χ2n) is 16.6. The van der Waals surface area contributed by atoms with Gasteiger partial charge in [0.1, 0.15) is 5.60 Å². The van der Waals surface area contributed by atoms with Crippen molar-refractivity contribution in [2.75, 3.05) is 91.6 Å². The summed E-state index contributed by atoms with van der Waals surface area (Å²) in [4.78, 5) is 6.42. The van der Waals surface area contributed by atoms with Crippen molar-refractivity contribution < 1.29 is 25.5 Å². The number of nitrogens with two attached hydrogens (primary N) is 7. The summed E-state index contributed by atoms with van der Waals surface area (Å²) in [5.74, 6) is 0. The van der Waals surface area contributed by atoms with Crippen LogP contribution >= 0.6 is 0 Å². The smallest absolute Gasteiger partial charge is 0.101 e. The molecule has 0 aliphatic carbocycles. The van der Waals surface area contributed by atoms with E-state index in [1.54, 1.807) is 0 Å². The fourth-order valence-corrected chi connectivity index (χ4v) is 4.95. The summed E-state index contributed by atoms with van der Waals surface area (Å²) in [6.07, 6.45) is 1.18. The Labute approximate surface area is 357 Å². The molecule has 0 saturated carbocycles. The minimum Gasteiger partial charge on any atom is -0.392 e. The topological polar surface area (TPSA) is 317 Å². The molecule has 0 amide bonds. The molecule has 17 heteroatoms. The van der Waals surface area contributed by atoms with E-state index in [2.05, 4.69) is 57.1 Å². The molecule has 0 bridgehead atoms. The van der Waals surface area contributed by atoms with Gasteiger partial charge in [-0.2, -0.15) is 0 Å². The number of rotatable bonds is 28. The molecule has 0 spiro atoms. The van der Waals surface area contributed by atoms with E-state index in [1.165, 1.54) is 13.0 Å². The summed E-state index contributed by atoms with van der Waals surface area (Å²) in [5, 5.41) is 53.7. The maximum absolute atomic E-state index is 9.57. The van der Waals surface area contributed by atoms with Crippen LogP contribution in [0.15, 0.2) is 0 Å². The van der Waals surface area contributed by atoms with Crippen LogP contribution in [0.3, 0.4) is 0 Å². The van der Waals surface area contributed by atoms with E-state index < -0.39 is 23.9 Å². The number of aliphatic hydroxyl groups excluding tert-OH is 4. The molecule has 0 fully saturated rings. The highest BCUT2D eigenvalue weighted by Crippen LogP contribution is 2.04. The van der Waals surface area contributed by atoms with Crippen LogP contribution in [0.5, 0.6) is 0 Å². The first-order valence-corrected chi connectivity index (χ1v) is 22.0. The predicted molar refractivity (Wildman–Crippen MR) is 249 cm³/mol. The highest BCUT2D eigenvalue weighted by Gasteiger charge is 2.22. The van der Waals surface area contributed by atoms with E-state index >= 15 is 0 Å². The Kier molecular flexibility index (Phi) is 49.2. The van der Waals surface area contributed by atoms with Gasteiger partial charge in [0.25, 0.3) is 0 Å². The third kappa shape index (κ3) is 43.4. The first kappa shape index (κ1) is 66.4. The molecular weight excluding hydrogens is 741 g/mol. The van der Waals surface area contributed by atoms with Crippen molar-refractivity contribution in [3.8, 4) is 0 Å². The van der Waals surface area contributed by atoms with Gasteiger partial charge in [-0.05, 0) is 67.3 Å². The lowest BCUT2D eigenvalue weighted by Crippen LogP contribution is -2.53. The maximum atomic E-state index is 9.57. The van der Waals surface area contributed by atoms with Crippen molar-refractivity contribution in [1.29, 1.82) is 0 Å². The quantitative estimate of drug-likeness (QED) is 0.0428. The van der Waals surface area contributed by atoms with E-state index in [0.29, 0.717) is 62.9 Å². The van der Waals surface area contributed by atoms with Gasteiger partial charge in [-0.1, -0.05) is 48.5 Å². The highest BCUT2D eigenvalue weighted by molar-refractivity contribution is 4.83. The minimum absolute atomic E-state index is 0.198. The molecule has 0 rings (SSSR count). The monoisotopic (exact) mass is 845 g/mol. The molecular formula is C41H104N12O5. The molecule has 58 heavy (non-hydrogen) atoms. The molecule has 17 nitrogen and oxygen atoms in total. The summed E-state index contributed by atoms with van der Waals surface area (Å²) >= 11 is 0. The average molecular weight is 845 g/mol. The van der Waals surface area contributed by atoms with Crippen molar-refractivity contribution >= 4 is 0 Å². The first-order chi connectivity index (χ1) is 27.0. The minimum atomic E-state index is -0.940.